The number of amides is 1. The summed E-state index contributed by atoms with van der Waals surface area (Å²) in [6, 6.07) is 7.24. The van der Waals surface area contributed by atoms with Crippen LogP contribution in [-0.2, 0) is 14.8 Å². The molecule has 2 aromatic rings. The average molecular weight is 396 g/mol. The second-order valence-corrected chi connectivity index (χ2v) is 8.25. The molecule has 8 heteroatoms. The van der Waals surface area contributed by atoms with E-state index in [2.05, 4.69) is 5.32 Å². The van der Waals surface area contributed by atoms with Gasteiger partial charge in [0.25, 0.3) is 0 Å². The van der Waals surface area contributed by atoms with Crippen LogP contribution in [0.5, 0.6) is 0 Å². The first-order chi connectivity index (χ1) is 12.5. The van der Waals surface area contributed by atoms with Gasteiger partial charge in [-0.2, -0.15) is 0 Å². The van der Waals surface area contributed by atoms with E-state index in [0.717, 1.165) is 28.3 Å². The average Bonchev–Trinajstić information content (AvgIpc) is 2.57. The summed E-state index contributed by atoms with van der Waals surface area (Å²) >= 11 is 0. The topological polar surface area (TPSA) is 66.5 Å². The molecule has 2 rings (SSSR count). The fourth-order valence-corrected chi connectivity index (χ4v) is 4.05. The lowest BCUT2D eigenvalue weighted by Crippen LogP contribution is -2.47. The van der Waals surface area contributed by atoms with E-state index in [0.29, 0.717) is 11.3 Å². The Morgan fingerprint density at radius 2 is 1.78 bits per heavy atom. The normalized spacial score (nSPS) is 12.5. The summed E-state index contributed by atoms with van der Waals surface area (Å²) < 4.78 is 52.5. The van der Waals surface area contributed by atoms with E-state index >= 15 is 0 Å². The Morgan fingerprint density at radius 3 is 2.33 bits per heavy atom. The van der Waals surface area contributed by atoms with Gasteiger partial charge in [0.15, 0.2) is 11.6 Å². The molecule has 0 aliphatic carbocycles. The number of hydrogen-bond acceptors (Lipinski definition) is 3. The maximum Gasteiger partial charge on any atom is 0.248 e. The maximum atomic E-state index is 13.4. The lowest BCUT2D eigenvalue weighted by molar-refractivity contribution is -0.117. The van der Waals surface area contributed by atoms with Gasteiger partial charge in [-0.05, 0) is 49.6 Å². The van der Waals surface area contributed by atoms with E-state index < -0.39 is 33.6 Å². The van der Waals surface area contributed by atoms with Crippen LogP contribution in [0.25, 0.3) is 0 Å². The molecule has 0 aliphatic heterocycles. The fourth-order valence-electron chi connectivity index (χ4n) is 2.79. The molecular formula is C19H22F2N2O3S. The van der Waals surface area contributed by atoms with Gasteiger partial charge in [0, 0.05) is 11.8 Å². The van der Waals surface area contributed by atoms with Crippen LogP contribution < -0.4 is 9.62 Å². The minimum absolute atomic E-state index is 0.0479. The van der Waals surface area contributed by atoms with Crippen LogP contribution in [-0.4, -0.2) is 26.6 Å². The van der Waals surface area contributed by atoms with Crippen LogP contribution in [0.4, 0.5) is 20.2 Å². The number of rotatable bonds is 6. The van der Waals surface area contributed by atoms with Crippen molar-refractivity contribution in [3.63, 3.8) is 0 Å². The number of aryl methyl sites for hydroxylation is 2. The monoisotopic (exact) mass is 396 g/mol. The van der Waals surface area contributed by atoms with Crippen LogP contribution in [0.15, 0.2) is 36.4 Å². The molecule has 0 fully saturated rings. The van der Waals surface area contributed by atoms with Crippen molar-refractivity contribution in [3.8, 4) is 0 Å². The molecule has 0 aromatic heterocycles. The van der Waals surface area contributed by atoms with Gasteiger partial charge in [0.2, 0.25) is 15.9 Å². The van der Waals surface area contributed by atoms with Gasteiger partial charge >= 0.3 is 0 Å². The van der Waals surface area contributed by atoms with Crippen molar-refractivity contribution in [3.05, 3.63) is 59.2 Å². The lowest BCUT2D eigenvalue weighted by atomic mass is 10.1. The number of anilines is 2. The lowest BCUT2D eigenvalue weighted by Gasteiger charge is -2.31. The van der Waals surface area contributed by atoms with Gasteiger partial charge in [-0.3, -0.25) is 9.10 Å². The zero-order valence-electron chi connectivity index (χ0n) is 15.6. The molecule has 0 aliphatic rings. The van der Waals surface area contributed by atoms with Crippen molar-refractivity contribution in [2.45, 2.75) is 33.2 Å². The number of halogens is 2. The van der Waals surface area contributed by atoms with E-state index in [1.54, 1.807) is 26.0 Å². The molecule has 0 saturated heterocycles. The number of nitrogens with one attached hydrogen (secondary N) is 1. The zero-order chi connectivity index (χ0) is 20.4. The summed E-state index contributed by atoms with van der Waals surface area (Å²) in [5.74, 6) is -2.77. The molecule has 1 N–H and O–H groups in total. The van der Waals surface area contributed by atoms with Crippen molar-refractivity contribution in [2.75, 3.05) is 15.9 Å². The number of hydrogen-bond donors (Lipinski definition) is 1. The second kappa shape index (κ2) is 8.04. The standard InChI is InChI=1S/C19H22F2N2O3S/c1-5-17(19(24)22-14-8-9-15(20)16(21)11-14)23(27(4,25)26)18-10-12(2)6-7-13(18)3/h6-11,17H,5H2,1-4H3,(H,22,24)/t17-/m0/s1. The van der Waals surface area contributed by atoms with Crippen LogP contribution in [0, 0.1) is 25.5 Å². The Morgan fingerprint density at radius 1 is 1.11 bits per heavy atom. The third-order valence-corrected chi connectivity index (χ3v) is 5.28. The van der Waals surface area contributed by atoms with Crippen molar-refractivity contribution in [2.24, 2.45) is 0 Å². The van der Waals surface area contributed by atoms with Crippen LogP contribution in [0.1, 0.15) is 24.5 Å². The summed E-state index contributed by atoms with van der Waals surface area (Å²) in [7, 11) is -3.78. The first-order valence-corrected chi connectivity index (χ1v) is 10.2. The summed E-state index contributed by atoms with van der Waals surface area (Å²) in [5.41, 5.74) is 2.00. The van der Waals surface area contributed by atoms with Crippen molar-refractivity contribution in [1.29, 1.82) is 0 Å². The van der Waals surface area contributed by atoms with Gasteiger partial charge in [-0.25, -0.2) is 17.2 Å². The Balaban J connectivity index is 2.44. The molecule has 1 atom stereocenters. The van der Waals surface area contributed by atoms with Gasteiger partial charge < -0.3 is 5.32 Å². The van der Waals surface area contributed by atoms with Crippen molar-refractivity contribution < 1.29 is 22.0 Å². The molecule has 0 spiro atoms. The number of sulfonamides is 1. The SMILES string of the molecule is CC[C@@H](C(=O)Nc1ccc(F)c(F)c1)N(c1cc(C)ccc1C)S(C)(=O)=O. The predicted octanol–water partition coefficient (Wildman–Crippen LogP) is 3.76. The molecule has 27 heavy (non-hydrogen) atoms. The van der Waals surface area contributed by atoms with Crippen molar-refractivity contribution in [1.82, 2.24) is 0 Å². The highest BCUT2D eigenvalue weighted by molar-refractivity contribution is 7.92. The minimum Gasteiger partial charge on any atom is -0.324 e. The van der Waals surface area contributed by atoms with Gasteiger partial charge in [-0.1, -0.05) is 19.1 Å². The van der Waals surface area contributed by atoms with Gasteiger partial charge in [0.1, 0.15) is 6.04 Å². The van der Waals surface area contributed by atoms with Crippen LogP contribution in [0.3, 0.4) is 0 Å². The first kappa shape index (κ1) is 20.8. The molecule has 1 amide bonds. The van der Waals surface area contributed by atoms with Crippen LogP contribution in [0.2, 0.25) is 0 Å². The summed E-state index contributed by atoms with van der Waals surface area (Å²) in [5, 5.41) is 2.47. The quantitative estimate of drug-likeness (QED) is 0.808. The summed E-state index contributed by atoms with van der Waals surface area (Å²) in [6.45, 7) is 5.26. The highest BCUT2D eigenvalue weighted by Gasteiger charge is 2.32. The molecule has 0 unspecified atom stereocenters. The largest absolute Gasteiger partial charge is 0.324 e. The van der Waals surface area contributed by atoms with E-state index in [1.165, 1.54) is 6.07 Å². The van der Waals surface area contributed by atoms with E-state index in [1.807, 2.05) is 13.0 Å². The van der Waals surface area contributed by atoms with E-state index in [4.69, 9.17) is 0 Å². The molecular weight excluding hydrogens is 374 g/mol. The molecule has 5 nitrogen and oxygen atoms in total. The minimum atomic E-state index is -3.78. The number of carbonyl (C=O) groups excluding carboxylic acids is 1. The second-order valence-electron chi connectivity index (χ2n) is 6.39. The molecule has 0 bridgehead atoms. The third kappa shape index (κ3) is 4.82. The molecule has 146 valence electrons. The van der Waals surface area contributed by atoms with Crippen molar-refractivity contribution >= 4 is 27.3 Å². The van der Waals surface area contributed by atoms with E-state index in [-0.39, 0.29) is 12.1 Å². The Bertz CT molecular complexity index is 961. The summed E-state index contributed by atoms with van der Waals surface area (Å²) in [6.07, 6.45) is 1.22. The number of carbonyl (C=O) groups is 1. The van der Waals surface area contributed by atoms with Gasteiger partial charge in [0.05, 0.1) is 11.9 Å². The highest BCUT2D eigenvalue weighted by atomic mass is 32.2. The molecule has 0 saturated carbocycles. The third-order valence-electron chi connectivity index (χ3n) is 4.12. The number of benzene rings is 2. The Hall–Kier alpha value is -2.48. The van der Waals surface area contributed by atoms with Gasteiger partial charge in [-0.15, -0.1) is 0 Å². The fraction of sp³-hybridized carbons (Fsp3) is 0.316. The zero-order valence-corrected chi connectivity index (χ0v) is 16.4. The predicted molar refractivity (Wildman–Crippen MR) is 102 cm³/mol. The Kier molecular flexibility index (Phi) is 6.20. The summed E-state index contributed by atoms with van der Waals surface area (Å²) in [4.78, 5) is 12.8. The van der Waals surface area contributed by atoms with E-state index in [9.17, 15) is 22.0 Å². The first-order valence-electron chi connectivity index (χ1n) is 8.37. The molecule has 0 radical (unpaired) electrons. The maximum absolute atomic E-state index is 13.4. The number of nitrogens with zero attached hydrogens (tertiary/aromatic N) is 1. The molecule has 0 heterocycles. The molecule has 2 aromatic carbocycles. The smallest absolute Gasteiger partial charge is 0.248 e. The Labute approximate surface area is 158 Å². The highest BCUT2D eigenvalue weighted by Crippen LogP contribution is 2.28. The van der Waals surface area contributed by atoms with Crippen LogP contribution >= 0.6 is 0 Å².